The highest BCUT2D eigenvalue weighted by atomic mass is 16.5. The molecule has 5 atom stereocenters. The molecule has 0 saturated carbocycles. The topological polar surface area (TPSA) is 90.9 Å². The molecule has 0 fully saturated rings. The summed E-state index contributed by atoms with van der Waals surface area (Å²) in [7, 11) is 0. The first kappa shape index (κ1) is 36.5. The Bertz CT molecular complexity index is 672. The number of carbonyl (C=O) groups excluding carboxylic acids is 3. The lowest BCUT2D eigenvalue weighted by atomic mass is 9.83. The van der Waals surface area contributed by atoms with Gasteiger partial charge in [-0.15, -0.1) is 0 Å². The summed E-state index contributed by atoms with van der Waals surface area (Å²) < 4.78 is 16.3. The van der Waals surface area contributed by atoms with Crippen molar-refractivity contribution in [2.24, 2.45) is 23.7 Å². The van der Waals surface area contributed by atoms with E-state index in [1.807, 2.05) is 55.4 Å². The predicted octanol–water partition coefficient (Wildman–Crippen LogP) is 6.51. The van der Waals surface area contributed by atoms with Crippen LogP contribution in [0.25, 0.3) is 0 Å². The molecule has 0 rings (SSSR count). The number of rotatable bonds is 22. The minimum atomic E-state index is -0.411. The van der Waals surface area contributed by atoms with E-state index in [9.17, 15) is 14.4 Å². The van der Waals surface area contributed by atoms with Gasteiger partial charge in [0.15, 0.2) is 0 Å². The summed E-state index contributed by atoms with van der Waals surface area (Å²) in [6.45, 7) is 22.2. The van der Waals surface area contributed by atoms with E-state index in [-0.39, 0.29) is 41.3 Å². The van der Waals surface area contributed by atoms with Crippen LogP contribution in [0.3, 0.4) is 0 Å². The van der Waals surface area contributed by atoms with E-state index in [0.717, 1.165) is 44.9 Å². The minimum Gasteiger partial charge on any atom is -0.468 e. The van der Waals surface area contributed by atoms with Gasteiger partial charge in [-0.05, 0) is 78.6 Å². The minimum absolute atomic E-state index is 0.0643. The highest BCUT2D eigenvalue weighted by Gasteiger charge is 2.30. The number of Topliss-reactive ketones (excluding diaryl/α,β-unsaturated/α-hetero) is 1. The van der Waals surface area contributed by atoms with Gasteiger partial charge in [-0.1, -0.05) is 53.9 Å². The fraction of sp³-hybridized carbons (Fsp3) is 0.903. The van der Waals surface area contributed by atoms with Gasteiger partial charge in [-0.2, -0.15) is 0 Å². The molecule has 7 nitrogen and oxygen atoms in total. The first-order valence-corrected chi connectivity index (χ1v) is 14.8. The fourth-order valence-electron chi connectivity index (χ4n) is 4.75. The number of esters is 1. The highest BCUT2D eigenvalue weighted by molar-refractivity contribution is 5.83. The van der Waals surface area contributed by atoms with Crippen LogP contribution in [0.1, 0.15) is 121 Å². The van der Waals surface area contributed by atoms with Gasteiger partial charge in [-0.3, -0.25) is 14.4 Å². The molecule has 5 unspecified atom stereocenters. The SMILES string of the molecule is CCC(OC(=O)CNC(C)(C)CCOC(C)(C)C)C(C)C(=O)C(C)CC(C)CCCC(C)CCCOC=O. The Morgan fingerprint density at radius 1 is 0.895 bits per heavy atom. The lowest BCUT2D eigenvalue weighted by molar-refractivity contribution is -0.153. The van der Waals surface area contributed by atoms with Crippen molar-refractivity contribution in [1.29, 1.82) is 0 Å². The third-order valence-electron chi connectivity index (χ3n) is 7.33. The van der Waals surface area contributed by atoms with Crippen molar-refractivity contribution >= 4 is 18.2 Å². The van der Waals surface area contributed by atoms with E-state index in [1.54, 1.807) is 0 Å². The highest BCUT2D eigenvalue weighted by Crippen LogP contribution is 2.25. The van der Waals surface area contributed by atoms with E-state index in [4.69, 9.17) is 14.2 Å². The van der Waals surface area contributed by atoms with Crippen molar-refractivity contribution in [2.75, 3.05) is 19.8 Å². The lowest BCUT2D eigenvalue weighted by Gasteiger charge is -2.29. The summed E-state index contributed by atoms with van der Waals surface area (Å²) in [6.07, 6.45) is 7.16. The second-order valence-electron chi connectivity index (χ2n) is 13.0. The van der Waals surface area contributed by atoms with Crippen LogP contribution in [-0.4, -0.2) is 55.2 Å². The van der Waals surface area contributed by atoms with Crippen LogP contribution in [0.2, 0.25) is 0 Å². The number of hydrogen-bond donors (Lipinski definition) is 1. The molecule has 0 amide bonds. The number of carbonyl (C=O) groups is 3. The average Bonchev–Trinajstić information content (AvgIpc) is 2.82. The summed E-state index contributed by atoms with van der Waals surface area (Å²) in [4.78, 5) is 36.0. The quantitative estimate of drug-likeness (QED) is 0.0949. The number of ether oxygens (including phenoxy) is 3. The fourth-order valence-corrected chi connectivity index (χ4v) is 4.75. The molecule has 0 aliphatic heterocycles. The number of ketones is 1. The normalized spacial score (nSPS) is 16.3. The van der Waals surface area contributed by atoms with Crippen molar-refractivity contribution in [3.63, 3.8) is 0 Å². The van der Waals surface area contributed by atoms with E-state index in [2.05, 4.69) is 19.2 Å². The van der Waals surface area contributed by atoms with Gasteiger partial charge < -0.3 is 19.5 Å². The van der Waals surface area contributed by atoms with Crippen molar-refractivity contribution in [3.05, 3.63) is 0 Å². The zero-order valence-corrected chi connectivity index (χ0v) is 26.2. The Morgan fingerprint density at radius 3 is 2.08 bits per heavy atom. The molecular formula is C31H59NO6. The van der Waals surface area contributed by atoms with Crippen molar-refractivity contribution in [3.8, 4) is 0 Å². The van der Waals surface area contributed by atoms with Gasteiger partial charge in [-0.25, -0.2) is 0 Å². The number of hydrogen-bond acceptors (Lipinski definition) is 7. The monoisotopic (exact) mass is 541 g/mol. The number of nitrogens with one attached hydrogen (secondary N) is 1. The van der Waals surface area contributed by atoms with Crippen LogP contribution in [0, 0.1) is 23.7 Å². The summed E-state index contributed by atoms with van der Waals surface area (Å²) in [5, 5.41) is 3.28. The standard InChI is InChI=1S/C31H59NO6/c1-11-27(38-28(34)21-32-31(9,10)17-19-37-30(6,7)8)26(5)29(35)25(4)20-24(3)15-12-14-23(2)16-13-18-36-22-33/h22-27,32H,11-21H2,1-10H3. The zero-order chi connectivity index (χ0) is 29.4. The van der Waals surface area contributed by atoms with Gasteiger partial charge >= 0.3 is 5.97 Å². The second kappa shape index (κ2) is 18.8. The largest absolute Gasteiger partial charge is 0.468 e. The molecule has 0 bridgehead atoms. The Balaban J connectivity index is 4.49. The second-order valence-corrected chi connectivity index (χ2v) is 13.0. The van der Waals surface area contributed by atoms with Crippen molar-refractivity contribution in [2.45, 2.75) is 138 Å². The molecule has 7 heteroatoms. The van der Waals surface area contributed by atoms with Crippen LogP contribution >= 0.6 is 0 Å². The first-order valence-electron chi connectivity index (χ1n) is 14.8. The Labute approximate surface area is 233 Å². The van der Waals surface area contributed by atoms with Gasteiger partial charge in [0.25, 0.3) is 6.47 Å². The third-order valence-corrected chi connectivity index (χ3v) is 7.33. The van der Waals surface area contributed by atoms with E-state index >= 15 is 0 Å². The lowest BCUT2D eigenvalue weighted by Crippen LogP contribution is -2.45. The maximum atomic E-state index is 13.2. The average molecular weight is 542 g/mol. The molecule has 0 aliphatic rings. The van der Waals surface area contributed by atoms with Crippen LogP contribution < -0.4 is 5.32 Å². The van der Waals surface area contributed by atoms with Crippen molar-refractivity contribution < 1.29 is 28.6 Å². The molecule has 0 saturated heterocycles. The van der Waals surface area contributed by atoms with Gasteiger partial charge in [0.2, 0.25) is 0 Å². The van der Waals surface area contributed by atoms with Gasteiger partial charge in [0, 0.05) is 18.1 Å². The third kappa shape index (κ3) is 17.9. The molecule has 0 aromatic carbocycles. The molecule has 38 heavy (non-hydrogen) atoms. The molecule has 1 N–H and O–H groups in total. The molecule has 224 valence electrons. The molecule has 0 spiro atoms. The van der Waals surface area contributed by atoms with Crippen LogP contribution in [-0.2, 0) is 28.6 Å². The van der Waals surface area contributed by atoms with E-state index < -0.39 is 6.10 Å². The summed E-state index contributed by atoms with van der Waals surface area (Å²) in [5.74, 6) is 0.525. The Morgan fingerprint density at radius 2 is 1.50 bits per heavy atom. The molecule has 0 aromatic rings. The maximum absolute atomic E-state index is 13.2. The van der Waals surface area contributed by atoms with Crippen LogP contribution in [0.5, 0.6) is 0 Å². The smallest absolute Gasteiger partial charge is 0.320 e. The van der Waals surface area contributed by atoms with Crippen molar-refractivity contribution in [1.82, 2.24) is 5.32 Å². The molecule has 0 heterocycles. The summed E-state index contributed by atoms with van der Waals surface area (Å²) in [6, 6.07) is 0. The Hall–Kier alpha value is -1.47. The van der Waals surface area contributed by atoms with Gasteiger partial charge in [0.05, 0.1) is 24.7 Å². The zero-order valence-electron chi connectivity index (χ0n) is 26.2. The molecule has 0 radical (unpaired) electrons. The molecular weight excluding hydrogens is 482 g/mol. The summed E-state index contributed by atoms with van der Waals surface area (Å²) >= 11 is 0. The molecule has 0 aromatic heterocycles. The van der Waals surface area contributed by atoms with Crippen LogP contribution in [0.15, 0.2) is 0 Å². The maximum Gasteiger partial charge on any atom is 0.320 e. The Kier molecular flexibility index (Phi) is 18.0. The predicted molar refractivity (Wildman–Crippen MR) is 154 cm³/mol. The van der Waals surface area contributed by atoms with Gasteiger partial charge in [0.1, 0.15) is 11.9 Å². The summed E-state index contributed by atoms with van der Waals surface area (Å²) in [5.41, 5.74) is -0.449. The molecule has 0 aliphatic carbocycles. The van der Waals surface area contributed by atoms with Crippen LogP contribution in [0.4, 0.5) is 0 Å². The van der Waals surface area contributed by atoms with E-state index in [1.165, 1.54) is 0 Å². The van der Waals surface area contributed by atoms with E-state index in [0.29, 0.717) is 37.9 Å². The first-order chi connectivity index (χ1) is 17.6.